The van der Waals surface area contributed by atoms with Crippen LogP contribution in [0.1, 0.15) is 47.5 Å². The minimum atomic E-state index is 0.847. The molecule has 0 aliphatic heterocycles. The van der Waals surface area contributed by atoms with E-state index in [0.29, 0.717) is 0 Å². The maximum absolute atomic E-state index is 2.40. The Balaban J connectivity index is 0. The molecular formula is C11H27N. The van der Waals surface area contributed by atoms with Gasteiger partial charge in [-0.15, -0.1) is 0 Å². The van der Waals surface area contributed by atoms with Gasteiger partial charge in [0.2, 0.25) is 0 Å². The van der Waals surface area contributed by atoms with Crippen LogP contribution in [0.3, 0.4) is 0 Å². The van der Waals surface area contributed by atoms with Gasteiger partial charge in [0.1, 0.15) is 0 Å². The molecule has 76 valence electrons. The van der Waals surface area contributed by atoms with E-state index in [1.165, 1.54) is 25.9 Å². The molecule has 0 N–H and O–H groups in total. The van der Waals surface area contributed by atoms with Crippen LogP contribution in [0.5, 0.6) is 0 Å². The third-order valence-electron chi connectivity index (χ3n) is 1.69. The zero-order valence-electron chi connectivity index (χ0n) is 9.85. The molecular weight excluding hydrogens is 146 g/mol. The second-order valence-corrected chi connectivity index (χ2v) is 3.49. The Morgan fingerprint density at radius 1 is 1.08 bits per heavy atom. The molecule has 12 heavy (non-hydrogen) atoms. The van der Waals surface area contributed by atoms with Crippen LogP contribution in [0.15, 0.2) is 0 Å². The van der Waals surface area contributed by atoms with Gasteiger partial charge in [-0.25, -0.2) is 0 Å². The number of hydrogen-bond acceptors (Lipinski definition) is 1. The molecule has 0 aliphatic rings. The lowest BCUT2D eigenvalue weighted by molar-refractivity contribution is 0.311. The van der Waals surface area contributed by atoms with Crippen molar-refractivity contribution in [1.29, 1.82) is 0 Å². The van der Waals surface area contributed by atoms with Crippen molar-refractivity contribution in [2.24, 2.45) is 5.92 Å². The van der Waals surface area contributed by atoms with E-state index in [4.69, 9.17) is 0 Å². The first-order chi connectivity index (χ1) is 5.66. The van der Waals surface area contributed by atoms with Crippen LogP contribution in [0.2, 0.25) is 0 Å². The van der Waals surface area contributed by atoms with Gasteiger partial charge in [0, 0.05) is 0 Å². The molecule has 0 heterocycles. The number of nitrogens with zero attached hydrogens (tertiary/aromatic N) is 1. The standard InChI is InChI=1S/C9H21N.C2H6/c1-5-7-10(4)8-6-9(2)3;1-2/h9H,5-8H2,1-4H3;1-2H3. The SMILES string of the molecule is CC.CCCN(C)CCC(C)C. The van der Waals surface area contributed by atoms with Crippen LogP contribution in [0.4, 0.5) is 0 Å². The molecule has 1 nitrogen and oxygen atoms in total. The van der Waals surface area contributed by atoms with E-state index in [2.05, 4.69) is 32.7 Å². The molecule has 0 aromatic heterocycles. The smallest absolute Gasteiger partial charge is 0.00194 e. The fraction of sp³-hybridized carbons (Fsp3) is 1.00. The predicted octanol–water partition coefficient (Wildman–Crippen LogP) is 3.40. The summed E-state index contributed by atoms with van der Waals surface area (Å²) in [6.45, 7) is 13.3. The normalized spacial score (nSPS) is 10.0. The van der Waals surface area contributed by atoms with Crippen molar-refractivity contribution in [2.45, 2.75) is 47.5 Å². The Hall–Kier alpha value is -0.0400. The zero-order chi connectivity index (χ0) is 9.98. The van der Waals surface area contributed by atoms with Gasteiger partial charge in [-0.2, -0.15) is 0 Å². The van der Waals surface area contributed by atoms with E-state index in [0.717, 1.165) is 5.92 Å². The Morgan fingerprint density at radius 3 is 1.92 bits per heavy atom. The molecule has 0 aromatic carbocycles. The summed E-state index contributed by atoms with van der Waals surface area (Å²) in [7, 11) is 2.20. The molecule has 0 rings (SSSR count). The zero-order valence-corrected chi connectivity index (χ0v) is 9.85. The summed E-state index contributed by atoms with van der Waals surface area (Å²) in [6.07, 6.45) is 2.60. The average Bonchev–Trinajstić information content (AvgIpc) is 2.05. The summed E-state index contributed by atoms with van der Waals surface area (Å²) in [5.41, 5.74) is 0. The molecule has 1 heteroatoms. The fourth-order valence-corrected chi connectivity index (χ4v) is 0.972. The molecule has 0 fully saturated rings. The quantitative estimate of drug-likeness (QED) is 0.616. The Bertz CT molecular complexity index is 69.4. The fourth-order valence-electron chi connectivity index (χ4n) is 0.972. The predicted molar refractivity (Wildman–Crippen MR) is 58.6 cm³/mol. The van der Waals surface area contributed by atoms with Gasteiger partial charge in [0.25, 0.3) is 0 Å². The Labute approximate surface area is 79.2 Å². The van der Waals surface area contributed by atoms with Crippen molar-refractivity contribution < 1.29 is 0 Å². The first kappa shape index (κ1) is 14.5. The van der Waals surface area contributed by atoms with Crippen LogP contribution in [-0.4, -0.2) is 25.0 Å². The maximum atomic E-state index is 2.40. The van der Waals surface area contributed by atoms with Gasteiger partial charge in [-0.1, -0.05) is 34.6 Å². The lowest BCUT2D eigenvalue weighted by Crippen LogP contribution is -2.21. The highest BCUT2D eigenvalue weighted by molar-refractivity contribution is 4.52. The first-order valence-corrected chi connectivity index (χ1v) is 5.35. The summed E-state index contributed by atoms with van der Waals surface area (Å²) in [4.78, 5) is 2.40. The van der Waals surface area contributed by atoms with Gasteiger partial charge in [0.15, 0.2) is 0 Å². The minimum Gasteiger partial charge on any atom is -0.306 e. The Kier molecular flexibility index (Phi) is 13.2. The molecule has 0 aromatic rings. The third-order valence-corrected chi connectivity index (χ3v) is 1.69. The van der Waals surface area contributed by atoms with E-state index < -0.39 is 0 Å². The Morgan fingerprint density at radius 2 is 1.58 bits per heavy atom. The topological polar surface area (TPSA) is 3.24 Å². The molecule has 0 saturated carbocycles. The van der Waals surface area contributed by atoms with Crippen LogP contribution in [0.25, 0.3) is 0 Å². The van der Waals surface area contributed by atoms with Crippen LogP contribution >= 0.6 is 0 Å². The molecule has 0 spiro atoms. The molecule has 0 saturated heterocycles. The van der Waals surface area contributed by atoms with Crippen molar-refractivity contribution in [1.82, 2.24) is 4.90 Å². The number of hydrogen-bond donors (Lipinski definition) is 0. The minimum absolute atomic E-state index is 0.847. The highest BCUT2D eigenvalue weighted by atomic mass is 15.1. The third kappa shape index (κ3) is 12.6. The molecule has 0 bridgehead atoms. The lowest BCUT2D eigenvalue weighted by Gasteiger charge is -2.16. The molecule has 0 unspecified atom stereocenters. The van der Waals surface area contributed by atoms with Crippen molar-refractivity contribution in [2.75, 3.05) is 20.1 Å². The van der Waals surface area contributed by atoms with E-state index in [-0.39, 0.29) is 0 Å². The van der Waals surface area contributed by atoms with Crippen LogP contribution < -0.4 is 0 Å². The molecule has 0 atom stereocenters. The highest BCUT2D eigenvalue weighted by Crippen LogP contribution is 2.00. The first-order valence-electron chi connectivity index (χ1n) is 5.35. The van der Waals surface area contributed by atoms with Crippen molar-refractivity contribution in [3.05, 3.63) is 0 Å². The van der Waals surface area contributed by atoms with E-state index >= 15 is 0 Å². The molecule has 0 amide bonds. The van der Waals surface area contributed by atoms with Gasteiger partial charge in [0.05, 0.1) is 0 Å². The van der Waals surface area contributed by atoms with Crippen molar-refractivity contribution in [3.8, 4) is 0 Å². The van der Waals surface area contributed by atoms with Gasteiger partial charge in [-0.05, 0) is 38.9 Å². The van der Waals surface area contributed by atoms with E-state index in [1.807, 2.05) is 13.8 Å². The summed E-state index contributed by atoms with van der Waals surface area (Å²) in [5, 5.41) is 0. The highest BCUT2D eigenvalue weighted by Gasteiger charge is 1.97. The lowest BCUT2D eigenvalue weighted by atomic mass is 10.1. The van der Waals surface area contributed by atoms with Gasteiger partial charge >= 0.3 is 0 Å². The monoisotopic (exact) mass is 173 g/mol. The summed E-state index contributed by atoms with van der Waals surface area (Å²) >= 11 is 0. The van der Waals surface area contributed by atoms with E-state index in [1.54, 1.807) is 0 Å². The molecule has 0 aliphatic carbocycles. The van der Waals surface area contributed by atoms with Crippen molar-refractivity contribution >= 4 is 0 Å². The van der Waals surface area contributed by atoms with Gasteiger partial charge in [-0.3, -0.25) is 0 Å². The van der Waals surface area contributed by atoms with Gasteiger partial charge < -0.3 is 4.90 Å². The maximum Gasteiger partial charge on any atom is -0.00194 e. The second kappa shape index (κ2) is 11.0. The molecule has 0 radical (unpaired) electrons. The van der Waals surface area contributed by atoms with E-state index in [9.17, 15) is 0 Å². The van der Waals surface area contributed by atoms with Crippen LogP contribution in [0, 0.1) is 5.92 Å². The summed E-state index contributed by atoms with van der Waals surface area (Å²) in [6, 6.07) is 0. The average molecular weight is 173 g/mol. The summed E-state index contributed by atoms with van der Waals surface area (Å²) in [5.74, 6) is 0.847. The van der Waals surface area contributed by atoms with Crippen LogP contribution in [-0.2, 0) is 0 Å². The summed E-state index contributed by atoms with van der Waals surface area (Å²) < 4.78 is 0. The second-order valence-electron chi connectivity index (χ2n) is 3.49. The largest absolute Gasteiger partial charge is 0.306 e. The number of rotatable bonds is 5. The van der Waals surface area contributed by atoms with Crippen molar-refractivity contribution in [3.63, 3.8) is 0 Å².